The summed E-state index contributed by atoms with van der Waals surface area (Å²) in [5.74, 6) is 1.23. The van der Waals surface area contributed by atoms with Gasteiger partial charge in [0.05, 0.1) is 26.1 Å². The molecule has 0 spiro atoms. The average molecular weight is 879 g/mol. The van der Waals surface area contributed by atoms with Crippen LogP contribution in [0.1, 0.15) is 27.5 Å². The zero-order valence-electron chi connectivity index (χ0n) is 29.4. The van der Waals surface area contributed by atoms with E-state index in [0.717, 1.165) is 22.6 Å². The first kappa shape index (κ1) is 42.7. The SMILES string of the molecule is Nc1cc(Cl)c(Cl)cn1.O=Cc1cccc(Cl)c1.Oc1c(C(Nc2cc(Cl)c(Cl)cn2)c2cccc(Cl)c2)ccc2cccnc12.Oc1cccc2cccnc12. The van der Waals surface area contributed by atoms with Crippen molar-refractivity contribution in [2.75, 3.05) is 11.1 Å². The van der Waals surface area contributed by atoms with Crippen molar-refractivity contribution >= 4 is 109 Å². The van der Waals surface area contributed by atoms with Gasteiger partial charge in [0.1, 0.15) is 40.5 Å². The number of fused-ring (bicyclic) bond motifs is 2. The molecule has 0 saturated heterocycles. The summed E-state index contributed by atoms with van der Waals surface area (Å²) in [6.07, 6.45) is 6.98. The minimum Gasteiger partial charge on any atom is -0.506 e. The Morgan fingerprint density at radius 3 is 1.79 bits per heavy atom. The maximum Gasteiger partial charge on any atom is 0.150 e. The summed E-state index contributed by atoms with van der Waals surface area (Å²) in [5, 5.41) is 28.1. The Bertz CT molecular complexity index is 2630. The molecule has 9 nitrogen and oxygen atoms in total. The van der Waals surface area contributed by atoms with Gasteiger partial charge in [-0.05, 0) is 48.0 Å². The number of hydrogen-bond donors (Lipinski definition) is 4. The molecule has 0 radical (unpaired) electrons. The van der Waals surface area contributed by atoms with Crippen LogP contribution in [-0.4, -0.2) is 36.4 Å². The fourth-order valence-electron chi connectivity index (χ4n) is 5.14. The molecule has 57 heavy (non-hydrogen) atoms. The maximum absolute atomic E-state index is 10.9. The van der Waals surface area contributed by atoms with E-state index in [9.17, 15) is 15.0 Å². The highest BCUT2D eigenvalue weighted by atomic mass is 35.5. The van der Waals surface area contributed by atoms with Crippen LogP contribution in [0.4, 0.5) is 11.6 Å². The highest BCUT2D eigenvalue weighted by Crippen LogP contribution is 2.37. The standard InChI is InChI=1S/C21H14Cl3N3O.C9H7NO.C7H5ClO.C5H4Cl2N2/c22-14-5-1-3-13(9-14)19(27-18-10-16(23)17(24)11-26-18)15-7-6-12-4-2-8-25-20(12)21(15)28;11-8-5-1-3-7-4-2-6-10-9(7)8;8-7-3-1-2-6(4-7)5-9;6-3-1-5(8)9-2-4(3)7/h1-11,19,28H,(H,26,27);1-6,11H;1-5H;1-2H,(H2,8,9). The van der Waals surface area contributed by atoms with Gasteiger partial charge in [0, 0.05) is 68.9 Å². The molecule has 8 aromatic rings. The van der Waals surface area contributed by atoms with E-state index in [2.05, 4.69) is 25.3 Å². The number of carbonyl (C=O) groups excluding carboxylic acids is 1. The second-order valence-corrected chi connectivity index (χ2v) is 14.2. The van der Waals surface area contributed by atoms with Gasteiger partial charge in [-0.3, -0.25) is 14.8 Å². The molecule has 1 atom stereocenters. The molecule has 0 bridgehead atoms. The molecule has 0 amide bonds. The van der Waals surface area contributed by atoms with E-state index in [-0.39, 0.29) is 11.5 Å². The quantitative estimate of drug-likeness (QED) is 0.124. The third kappa shape index (κ3) is 12.1. The van der Waals surface area contributed by atoms with Crippen molar-refractivity contribution in [3.8, 4) is 11.5 Å². The number of nitrogens with two attached hydrogens (primary N) is 1. The number of phenolic OH excluding ortho intramolecular Hbond substituents is 2. The van der Waals surface area contributed by atoms with E-state index in [4.69, 9.17) is 75.3 Å². The molecular formula is C42H30Cl6N6O3. The molecule has 8 rings (SSSR count). The second kappa shape index (κ2) is 20.7. The molecule has 4 aromatic heterocycles. The Kier molecular flexibility index (Phi) is 15.5. The van der Waals surface area contributed by atoms with E-state index in [1.54, 1.807) is 60.9 Å². The molecular weight excluding hydrogens is 849 g/mol. The lowest BCUT2D eigenvalue weighted by atomic mass is 9.96. The van der Waals surface area contributed by atoms with Crippen molar-refractivity contribution in [1.82, 2.24) is 19.9 Å². The number of aldehydes is 1. The van der Waals surface area contributed by atoms with Crippen LogP contribution in [-0.2, 0) is 0 Å². The number of benzene rings is 4. The predicted molar refractivity (Wildman–Crippen MR) is 233 cm³/mol. The Morgan fingerprint density at radius 2 is 1.19 bits per heavy atom. The molecule has 4 aromatic carbocycles. The van der Waals surface area contributed by atoms with Crippen molar-refractivity contribution in [3.63, 3.8) is 0 Å². The smallest absolute Gasteiger partial charge is 0.150 e. The number of carbonyl (C=O) groups is 1. The van der Waals surface area contributed by atoms with Gasteiger partial charge in [-0.1, -0.05) is 130 Å². The molecule has 0 fully saturated rings. The van der Waals surface area contributed by atoms with E-state index in [0.29, 0.717) is 63.9 Å². The lowest BCUT2D eigenvalue weighted by Gasteiger charge is -2.22. The number of hydrogen-bond acceptors (Lipinski definition) is 9. The molecule has 1 unspecified atom stereocenters. The molecule has 15 heteroatoms. The number of pyridine rings is 4. The van der Waals surface area contributed by atoms with Crippen LogP contribution in [0.3, 0.4) is 0 Å². The molecule has 5 N–H and O–H groups in total. The van der Waals surface area contributed by atoms with Crippen molar-refractivity contribution in [2.24, 2.45) is 0 Å². The average Bonchev–Trinajstić information content (AvgIpc) is 3.21. The third-order valence-corrected chi connectivity index (χ3v) is 9.69. The van der Waals surface area contributed by atoms with Gasteiger partial charge in [0.2, 0.25) is 0 Å². The number of nitrogens with one attached hydrogen (secondary N) is 1. The van der Waals surface area contributed by atoms with Gasteiger partial charge in [-0.15, -0.1) is 0 Å². The number of anilines is 2. The molecule has 288 valence electrons. The van der Waals surface area contributed by atoms with E-state index >= 15 is 0 Å². The summed E-state index contributed by atoms with van der Waals surface area (Å²) in [7, 11) is 0. The monoisotopic (exact) mass is 876 g/mol. The first-order valence-corrected chi connectivity index (χ1v) is 18.9. The zero-order chi connectivity index (χ0) is 40.9. The lowest BCUT2D eigenvalue weighted by Crippen LogP contribution is -2.14. The molecule has 4 heterocycles. The number of nitrogen functional groups attached to an aromatic ring is 1. The van der Waals surface area contributed by atoms with Crippen LogP contribution in [0.15, 0.2) is 140 Å². The van der Waals surface area contributed by atoms with Crippen molar-refractivity contribution < 1.29 is 15.0 Å². The minimum atomic E-state index is -0.435. The van der Waals surface area contributed by atoms with Crippen LogP contribution >= 0.6 is 69.6 Å². The van der Waals surface area contributed by atoms with Crippen LogP contribution in [0.2, 0.25) is 30.1 Å². The molecule has 0 aliphatic heterocycles. The number of para-hydroxylation sites is 1. The van der Waals surface area contributed by atoms with Crippen molar-refractivity contribution in [2.45, 2.75) is 6.04 Å². The predicted octanol–water partition coefficient (Wildman–Crippen LogP) is 12.6. The fraction of sp³-hybridized carbons (Fsp3) is 0.0238. The van der Waals surface area contributed by atoms with Crippen LogP contribution < -0.4 is 11.1 Å². The fourth-order valence-corrected chi connectivity index (χ4v) is 6.06. The van der Waals surface area contributed by atoms with E-state index in [1.165, 1.54) is 18.5 Å². The summed E-state index contributed by atoms with van der Waals surface area (Å²) in [6, 6.07) is 33.5. The van der Waals surface area contributed by atoms with Gasteiger partial charge in [0.25, 0.3) is 0 Å². The first-order chi connectivity index (χ1) is 27.4. The first-order valence-electron chi connectivity index (χ1n) is 16.6. The van der Waals surface area contributed by atoms with E-state index < -0.39 is 6.04 Å². The van der Waals surface area contributed by atoms with Crippen LogP contribution in [0, 0.1) is 0 Å². The topological polar surface area (TPSA) is 147 Å². The summed E-state index contributed by atoms with van der Waals surface area (Å²) in [4.78, 5) is 26.4. The van der Waals surface area contributed by atoms with Gasteiger partial charge >= 0.3 is 0 Å². The third-order valence-electron chi connectivity index (χ3n) is 7.80. The lowest BCUT2D eigenvalue weighted by molar-refractivity contribution is 0.112. The second-order valence-electron chi connectivity index (χ2n) is 11.7. The Morgan fingerprint density at radius 1 is 0.596 bits per heavy atom. The number of phenols is 2. The van der Waals surface area contributed by atoms with Gasteiger partial charge in [-0.2, -0.15) is 0 Å². The molecule has 0 aliphatic carbocycles. The van der Waals surface area contributed by atoms with Gasteiger partial charge in [0.15, 0.2) is 0 Å². The highest BCUT2D eigenvalue weighted by molar-refractivity contribution is 6.42. The normalized spacial score (nSPS) is 10.8. The number of rotatable bonds is 5. The Labute approximate surface area is 357 Å². The summed E-state index contributed by atoms with van der Waals surface area (Å²) >= 11 is 35.0. The van der Waals surface area contributed by atoms with Gasteiger partial charge in [-0.25, -0.2) is 9.97 Å². The number of aromatic nitrogens is 4. The van der Waals surface area contributed by atoms with Crippen molar-refractivity contribution in [1.29, 1.82) is 0 Å². The Hall–Kier alpha value is -5.39. The van der Waals surface area contributed by atoms with Crippen LogP contribution in [0.25, 0.3) is 21.8 Å². The number of nitrogens with zero attached hydrogens (tertiary/aromatic N) is 4. The summed E-state index contributed by atoms with van der Waals surface area (Å²) < 4.78 is 0. The minimum absolute atomic E-state index is 0.0932. The van der Waals surface area contributed by atoms with Crippen LogP contribution in [0.5, 0.6) is 11.5 Å². The number of halogens is 6. The summed E-state index contributed by atoms with van der Waals surface area (Å²) in [5.41, 5.74) is 8.57. The summed E-state index contributed by atoms with van der Waals surface area (Å²) in [6.45, 7) is 0. The largest absolute Gasteiger partial charge is 0.506 e. The highest BCUT2D eigenvalue weighted by Gasteiger charge is 2.21. The van der Waals surface area contributed by atoms with Gasteiger partial charge < -0.3 is 21.3 Å². The number of aromatic hydroxyl groups is 2. The maximum atomic E-state index is 10.9. The molecule has 0 saturated carbocycles. The molecule has 0 aliphatic rings. The van der Waals surface area contributed by atoms with E-state index in [1.807, 2.05) is 60.7 Å². The Balaban J connectivity index is 0.000000173. The van der Waals surface area contributed by atoms with Crippen molar-refractivity contribution in [3.05, 3.63) is 187 Å². The zero-order valence-corrected chi connectivity index (χ0v) is 33.9.